The zero-order valence-electron chi connectivity index (χ0n) is 12.3. The predicted molar refractivity (Wildman–Crippen MR) is 75.3 cm³/mol. The van der Waals surface area contributed by atoms with Gasteiger partial charge in [0.15, 0.2) is 6.10 Å². The van der Waals surface area contributed by atoms with Crippen LogP contribution in [-0.2, 0) is 11.0 Å². The summed E-state index contributed by atoms with van der Waals surface area (Å²) in [4.78, 5) is 13.9. The van der Waals surface area contributed by atoms with Crippen LogP contribution in [0.2, 0.25) is 0 Å². The van der Waals surface area contributed by atoms with Crippen molar-refractivity contribution in [3.05, 3.63) is 29.8 Å². The van der Waals surface area contributed by atoms with Gasteiger partial charge >= 0.3 is 6.18 Å². The van der Waals surface area contributed by atoms with Crippen molar-refractivity contribution in [2.75, 3.05) is 13.1 Å². The van der Waals surface area contributed by atoms with E-state index in [1.54, 1.807) is 4.90 Å². The Morgan fingerprint density at radius 3 is 2.77 bits per heavy atom. The largest absolute Gasteiger partial charge is 0.480 e. The molecule has 0 bridgehead atoms. The van der Waals surface area contributed by atoms with Crippen LogP contribution < -0.4 is 10.5 Å². The summed E-state index contributed by atoms with van der Waals surface area (Å²) in [6.07, 6.45) is -3.85. The van der Waals surface area contributed by atoms with E-state index in [9.17, 15) is 18.0 Å². The van der Waals surface area contributed by atoms with Crippen LogP contribution in [0.4, 0.5) is 13.2 Å². The summed E-state index contributed by atoms with van der Waals surface area (Å²) in [7, 11) is 0. The Hall–Kier alpha value is -1.76. The number of nitrogens with zero attached hydrogens (tertiary/aromatic N) is 1. The van der Waals surface area contributed by atoms with Crippen LogP contribution in [0.25, 0.3) is 0 Å². The Labute approximate surface area is 127 Å². The lowest BCUT2D eigenvalue weighted by atomic mass is 10.2. The molecule has 7 heteroatoms. The number of hydrogen-bond donors (Lipinski definition) is 1. The van der Waals surface area contributed by atoms with Gasteiger partial charge in [-0.15, -0.1) is 0 Å². The molecular formula is C15H19F3N2O2. The highest BCUT2D eigenvalue weighted by atomic mass is 19.4. The first kappa shape index (κ1) is 16.6. The molecule has 2 N–H and O–H groups in total. The minimum absolute atomic E-state index is 0.0589. The zero-order valence-corrected chi connectivity index (χ0v) is 12.3. The number of hydrogen-bond acceptors (Lipinski definition) is 3. The number of ether oxygens (including phenoxy) is 1. The van der Waals surface area contributed by atoms with Crippen LogP contribution in [0.15, 0.2) is 24.3 Å². The lowest BCUT2D eigenvalue weighted by Crippen LogP contribution is -2.45. The van der Waals surface area contributed by atoms with Gasteiger partial charge in [-0.1, -0.05) is 12.1 Å². The third-order valence-electron chi connectivity index (χ3n) is 3.78. The number of carbonyl (C=O) groups is 1. The Balaban J connectivity index is 2.12. The number of alkyl halides is 3. The zero-order chi connectivity index (χ0) is 16.3. The number of para-hydroxylation sites is 1. The van der Waals surface area contributed by atoms with E-state index in [0.717, 1.165) is 18.9 Å². The third kappa shape index (κ3) is 3.52. The van der Waals surface area contributed by atoms with Crippen LogP contribution >= 0.6 is 0 Å². The van der Waals surface area contributed by atoms with Gasteiger partial charge in [0.05, 0.1) is 5.56 Å². The lowest BCUT2D eigenvalue weighted by Gasteiger charge is -2.27. The molecule has 1 aromatic rings. The van der Waals surface area contributed by atoms with Gasteiger partial charge < -0.3 is 15.4 Å². The Kier molecular flexibility index (Phi) is 4.95. The van der Waals surface area contributed by atoms with E-state index < -0.39 is 17.8 Å². The van der Waals surface area contributed by atoms with Crippen LogP contribution in [0.3, 0.4) is 0 Å². The van der Waals surface area contributed by atoms with Gasteiger partial charge in [-0.05, 0) is 31.9 Å². The molecule has 1 heterocycles. The number of rotatable bonds is 4. The van der Waals surface area contributed by atoms with E-state index >= 15 is 0 Å². The van der Waals surface area contributed by atoms with E-state index in [-0.39, 0.29) is 17.7 Å². The summed E-state index contributed by atoms with van der Waals surface area (Å²) in [6.45, 7) is 2.37. The van der Waals surface area contributed by atoms with Crippen molar-refractivity contribution in [1.82, 2.24) is 4.90 Å². The standard InChI is InChI=1S/C15H19F3N2O2/c1-10(14(21)20-8-4-5-11(20)9-19)22-13-7-3-2-6-12(13)15(16,17)18/h2-3,6-7,10-11H,4-5,8-9,19H2,1H3/t10-,11+/m1/s1. The highest BCUT2D eigenvalue weighted by Crippen LogP contribution is 2.36. The molecule has 0 aliphatic carbocycles. The van der Waals surface area contributed by atoms with Gasteiger partial charge in [0, 0.05) is 19.1 Å². The average Bonchev–Trinajstić information content (AvgIpc) is 2.94. The quantitative estimate of drug-likeness (QED) is 0.928. The lowest BCUT2D eigenvalue weighted by molar-refractivity contribution is -0.143. The Morgan fingerprint density at radius 2 is 2.14 bits per heavy atom. The average molecular weight is 316 g/mol. The van der Waals surface area contributed by atoms with Gasteiger partial charge in [0.25, 0.3) is 5.91 Å². The Morgan fingerprint density at radius 1 is 1.45 bits per heavy atom. The van der Waals surface area contributed by atoms with Gasteiger partial charge in [0.1, 0.15) is 5.75 Å². The molecule has 1 fully saturated rings. The SMILES string of the molecule is C[C@@H](Oc1ccccc1C(F)(F)F)C(=O)N1CCC[C@H]1CN. The molecule has 0 unspecified atom stereocenters. The molecule has 0 radical (unpaired) electrons. The molecule has 0 saturated carbocycles. The number of likely N-dealkylation sites (tertiary alicyclic amines) is 1. The molecule has 1 aliphatic rings. The molecule has 1 saturated heterocycles. The highest BCUT2D eigenvalue weighted by Gasteiger charge is 2.36. The predicted octanol–water partition coefficient (Wildman–Crippen LogP) is 2.42. The molecule has 2 atom stereocenters. The maximum atomic E-state index is 12.9. The summed E-state index contributed by atoms with van der Waals surface area (Å²) < 4.78 is 44.1. The Bertz CT molecular complexity index is 534. The fraction of sp³-hybridized carbons (Fsp3) is 0.533. The summed E-state index contributed by atoms with van der Waals surface area (Å²) >= 11 is 0. The molecule has 122 valence electrons. The minimum Gasteiger partial charge on any atom is -0.480 e. The van der Waals surface area contributed by atoms with Crippen molar-refractivity contribution >= 4 is 5.91 Å². The molecule has 1 aliphatic heterocycles. The summed E-state index contributed by atoms with van der Waals surface area (Å²) in [5.41, 5.74) is 4.73. The summed E-state index contributed by atoms with van der Waals surface area (Å²) in [6, 6.07) is 4.83. The van der Waals surface area contributed by atoms with Crippen molar-refractivity contribution < 1.29 is 22.7 Å². The third-order valence-corrected chi connectivity index (χ3v) is 3.78. The number of amides is 1. The van der Waals surface area contributed by atoms with Crippen molar-refractivity contribution in [2.45, 2.75) is 38.1 Å². The minimum atomic E-state index is -4.52. The van der Waals surface area contributed by atoms with E-state index in [2.05, 4.69) is 0 Å². The summed E-state index contributed by atoms with van der Waals surface area (Å²) in [5.74, 6) is -0.663. The normalized spacial score (nSPS) is 20.0. The maximum Gasteiger partial charge on any atom is 0.419 e. The monoisotopic (exact) mass is 316 g/mol. The van der Waals surface area contributed by atoms with E-state index in [0.29, 0.717) is 13.1 Å². The fourth-order valence-corrected chi connectivity index (χ4v) is 2.65. The van der Waals surface area contributed by atoms with Crippen molar-refractivity contribution in [3.8, 4) is 5.75 Å². The molecule has 2 rings (SSSR count). The second-order valence-corrected chi connectivity index (χ2v) is 5.32. The van der Waals surface area contributed by atoms with Crippen molar-refractivity contribution in [2.24, 2.45) is 5.73 Å². The second kappa shape index (κ2) is 6.56. The van der Waals surface area contributed by atoms with Crippen molar-refractivity contribution in [1.29, 1.82) is 0 Å². The number of carbonyl (C=O) groups excluding carboxylic acids is 1. The van der Waals surface area contributed by atoms with Gasteiger partial charge in [0.2, 0.25) is 0 Å². The topological polar surface area (TPSA) is 55.6 Å². The van der Waals surface area contributed by atoms with Gasteiger partial charge in [-0.3, -0.25) is 4.79 Å². The molecule has 1 aromatic carbocycles. The molecule has 22 heavy (non-hydrogen) atoms. The maximum absolute atomic E-state index is 12.9. The first-order valence-electron chi connectivity index (χ1n) is 7.18. The van der Waals surface area contributed by atoms with Crippen LogP contribution in [0.1, 0.15) is 25.3 Å². The molecular weight excluding hydrogens is 297 g/mol. The first-order chi connectivity index (χ1) is 10.3. The molecule has 0 spiro atoms. The molecule has 1 amide bonds. The smallest absolute Gasteiger partial charge is 0.419 e. The van der Waals surface area contributed by atoms with Gasteiger partial charge in [-0.2, -0.15) is 13.2 Å². The molecule has 0 aromatic heterocycles. The first-order valence-corrected chi connectivity index (χ1v) is 7.18. The van der Waals surface area contributed by atoms with Crippen LogP contribution in [-0.4, -0.2) is 36.0 Å². The van der Waals surface area contributed by atoms with Crippen LogP contribution in [0.5, 0.6) is 5.75 Å². The van der Waals surface area contributed by atoms with Crippen molar-refractivity contribution in [3.63, 3.8) is 0 Å². The van der Waals surface area contributed by atoms with E-state index in [4.69, 9.17) is 10.5 Å². The fourth-order valence-electron chi connectivity index (χ4n) is 2.65. The van der Waals surface area contributed by atoms with E-state index in [1.807, 2.05) is 0 Å². The van der Waals surface area contributed by atoms with E-state index in [1.165, 1.54) is 25.1 Å². The highest BCUT2D eigenvalue weighted by molar-refractivity contribution is 5.81. The number of benzene rings is 1. The van der Waals surface area contributed by atoms with Crippen LogP contribution in [0, 0.1) is 0 Å². The van der Waals surface area contributed by atoms with Gasteiger partial charge in [-0.25, -0.2) is 0 Å². The number of halogens is 3. The summed E-state index contributed by atoms with van der Waals surface area (Å²) in [5, 5.41) is 0. The molecule has 4 nitrogen and oxygen atoms in total. The number of nitrogens with two attached hydrogens (primary N) is 1. The second-order valence-electron chi connectivity index (χ2n) is 5.32.